The lowest BCUT2D eigenvalue weighted by Gasteiger charge is -2.11. The van der Waals surface area contributed by atoms with Crippen molar-refractivity contribution >= 4 is 39.2 Å². The third kappa shape index (κ3) is 3.21. The summed E-state index contributed by atoms with van der Waals surface area (Å²) in [7, 11) is 0. The van der Waals surface area contributed by atoms with Crippen molar-refractivity contribution in [3.8, 4) is 5.75 Å². The average Bonchev–Trinajstić information content (AvgIpc) is 2.62. The van der Waals surface area contributed by atoms with Crippen molar-refractivity contribution in [1.82, 2.24) is 9.97 Å². The molecule has 0 aliphatic carbocycles. The molecule has 2 N–H and O–H groups in total. The van der Waals surface area contributed by atoms with Gasteiger partial charge in [-0.05, 0) is 29.7 Å². The molecule has 0 saturated carbocycles. The molecule has 0 spiro atoms. The van der Waals surface area contributed by atoms with Gasteiger partial charge in [-0.25, -0.2) is 9.97 Å². The Morgan fingerprint density at radius 1 is 0.920 bits per heavy atom. The van der Waals surface area contributed by atoms with Crippen molar-refractivity contribution in [3.05, 3.63) is 71.4 Å². The van der Waals surface area contributed by atoms with Gasteiger partial charge in [0.15, 0.2) is 0 Å². The Morgan fingerprint density at radius 2 is 1.76 bits per heavy atom. The average molecular weight is 350 g/mol. The first-order chi connectivity index (χ1) is 12.2. The van der Waals surface area contributed by atoms with E-state index < -0.39 is 0 Å². The van der Waals surface area contributed by atoms with Crippen LogP contribution in [0.2, 0.25) is 5.02 Å². The van der Waals surface area contributed by atoms with Crippen LogP contribution < -0.4 is 10.5 Å². The summed E-state index contributed by atoms with van der Waals surface area (Å²) in [5.41, 5.74) is 7.45. The fourth-order valence-electron chi connectivity index (χ4n) is 2.95. The summed E-state index contributed by atoms with van der Waals surface area (Å²) in [6, 6.07) is 19.7. The number of nitrogen functional groups attached to an aromatic ring is 1. The second kappa shape index (κ2) is 6.57. The van der Waals surface area contributed by atoms with Gasteiger partial charge in [0.2, 0.25) is 5.95 Å². The van der Waals surface area contributed by atoms with E-state index in [0.717, 1.165) is 33.1 Å². The molecule has 3 aromatic carbocycles. The number of benzene rings is 3. The van der Waals surface area contributed by atoms with Gasteiger partial charge in [-0.2, -0.15) is 0 Å². The second-order valence-electron chi connectivity index (χ2n) is 5.77. The number of aromatic nitrogens is 2. The molecule has 124 valence electrons. The summed E-state index contributed by atoms with van der Waals surface area (Å²) in [6.45, 7) is 0.492. The van der Waals surface area contributed by atoms with Crippen LogP contribution in [0.3, 0.4) is 0 Å². The molecule has 1 aromatic heterocycles. The number of ether oxygens (including phenoxy) is 1. The van der Waals surface area contributed by atoms with Crippen LogP contribution >= 0.6 is 11.6 Å². The van der Waals surface area contributed by atoms with Crippen LogP contribution in [0.15, 0.2) is 60.7 Å². The molecule has 0 bridgehead atoms. The Hall–Kier alpha value is -2.85. The zero-order valence-electron chi connectivity index (χ0n) is 13.4. The standard InChI is InChI=1S/C20H16ClN3O/c21-14-8-9-17-16(12-14)18(24-20(22)23-17)10-11-25-19-7-3-5-13-4-1-2-6-15(13)19/h1-9,12H,10-11H2,(H2,22,23,24). The molecule has 0 unspecified atom stereocenters. The normalized spacial score (nSPS) is 11.1. The topological polar surface area (TPSA) is 61.0 Å². The van der Waals surface area contributed by atoms with E-state index in [1.54, 1.807) is 6.07 Å². The molecular weight excluding hydrogens is 334 g/mol. The number of hydrogen-bond donors (Lipinski definition) is 1. The van der Waals surface area contributed by atoms with Gasteiger partial charge in [0.1, 0.15) is 5.75 Å². The first kappa shape index (κ1) is 15.7. The first-order valence-corrected chi connectivity index (χ1v) is 8.41. The SMILES string of the molecule is Nc1nc(CCOc2cccc3ccccc23)c2cc(Cl)ccc2n1. The fourth-order valence-corrected chi connectivity index (χ4v) is 3.13. The van der Waals surface area contributed by atoms with Crippen molar-refractivity contribution < 1.29 is 4.74 Å². The number of anilines is 1. The molecular formula is C20H16ClN3O. The Labute approximate surface area is 150 Å². The highest BCUT2D eigenvalue weighted by atomic mass is 35.5. The monoisotopic (exact) mass is 349 g/mol. The Morgan fingerprint density at radius 3 is 2.68 bits per heavy atom. The van der Waals surface area contributed by atoms with Gasteiger partial charge >= 0.3 is 0 Å². The molecule has 0 amide bonds. The summed E-state index contributed by atoms with van der Waals surface area (Å²) in [4.78, 5) is 8.62. The second-order valence-corrected chi connectivity index (χ2v) is 6.20. The minimum absolute atomic E-state index is 0.259. The Kier molecular flexibility index (Phi) is 4.12. The minimum Gasteiger partial charge on any atom is -0.493 e. The largest absolute Gasteiger partial charge is 0.493 e. The van der Waals surface area contributed by atoms with Crippen LogP contribution in [0.25, 0.3) is 21.7 Å². The van der Waals surface area contributed by atoms with Gasteiger partial charge in [0.05, 0.1) is 17.8 Å². The Balaban J connectivity index is 1.59. The van der Waals surface area contributed by atoms with Crippen LogP contribution in [0.1, 0.15) is 5.69 Å². The molecule has 0 radical (unpaired) electrons. The maximum Gasteiger partial charge on any atom is 0.220 e. The molecule has 25 heavy (non-hydrogen) atoms. The van der Waals surface area contributed by atoms with E-state index in [2.05, 4.69) is 28.2 Å². The van der Waals surface area contributed by atoms with E-state index in [9.17, 15) is 0 Å². The Bertz CT molecular complexity index is 1060. The van der Waals surface area contributed by atoms with Gasteiger partial charge < -0.3 is 10.5 Å². The highest BCUT2D eigenvalue weighted by Crippen LogP contribution is 2.26. The molecule has 4 nitrogen and oxygen atoms in total. The molecule has 0 fully saturated rings. The maximum atomic E-state index is 6.11. The van der Waals surface area contributed by atoms with Gasteiger partial charge in [-0.3, -0.25) is 0 Å². The van der Waals surface area contributed by atoms with Crippen molar-refractivity contribution in [2.75, 3.05) is 12.3 Å². The summed E-state index contributed by atoms with van der Waals surface area (Å²) < 4.78 is 6.01. The summed E-state index contributed by atoms with van der Waals surface area (Å²) in [5, 5.41) is 3.81. The number of halogens is 1. The van der Waals surface area contributed by atoms with E-state index in [0.29, 0.717) is 18.1 Å². The molecule has 0 aliphatic rings. The van der Waals surface area contributed by atoms with Crippen LogP contribution in [0, 0.1) is 0 Å². The summed E-state index contributed by atoms with van der Waals surface area (Å²) in [5.74, 6) is 1.12. The molecule has 1 heterocycles. The van der Waals surface area contributed by atoms with Gasteiger partial charge in [-0.15, -0.1) is 0 Å². The highest BCUT2D eigenvalue weighted by molar-refractivity contribution is 6.31. The first-order valence-electron chi connectivity index (χ1n) is 8.03. The van der Waals surface area contributed by atoms with E-state index >= 15 is 0 Å². The van der Waals surface area contributed by atoms with E-state index in [4.69, 9.17) is 22.1 Å². The van der Waals surface area contributed by atoms with E-state index in [1.807, 2.05) is 36.4 Å². The number of nitrogens with zero attached hydrogens (tertiary/aromatic N) is 2. The lowest BCUT2D eigenvalue weighted by atomic mass is 10.1. The van der Waals surface area contributed by atoms with Crippen molar-refractivity contribution in [2.24, 2.45) is 0 Å². The van der Waals surface area contributed by atoms with Crippen molar-refractivity contribution in [3.63, 3.8) is 0 Å². The summed E-state index contributed by atoms with van der Waals surface area (Å²) in [6.07, 6.45) is 0.618. The molecule has 0 atom stereocenters. The zero-order chi connectivity index (χ0) is 17.2. The molecule has 0 aliphatic heterocycles. The van der Waals surface area contributed by atoms with Crippen LogP contribution in [-0.4, -0.2) is 16.6 Å². The lowest BCUT2D eigenvalue weighted by Crippen LogP contribution is -2.07. The molecule has 5 heteroatoms. The molecule has 4 rings (SSSR count). The fraction of sp³-hybridized carbons (Fsp3) is 0.100. The number of fused-ring (bicyclic) bond motifs is 2. The predicted octanol–water partition coefficient (Wildman–Crippen LogP) is 4.64. The van der Waals surface area contributed by atoms with Gasteiger partial charge in [0.25, 0.3) is 0 Å². The van der Waals surface area contributed by atoms with E-state index in [1.165, 1.54) is 0 Å². The van der Waals surface area contributed by atoms with Gasteiger partial charge in [0, 0.05) is 22.2 Å². The number of nitrogens with two attached hydrogens (primary N) is 1. The van der Waals surface area contributed by atoms with Crippen molar-refractivity contribution in [1.29, 1.82) is 0 Å². The van der Waals surface area contributed by atoms with Crippen LogP contribution in [0.5, 0.6) is 5.75 Å². The highest BCUT2D eigenvalue weighted by Gasteiger charge is 2.08. The third-order valence-corrected chi connectivity index (χ3v) is 4.34. The maximum absolute atomic E-state index is 6.11. The number of hydrogen-bond acceptors (Lipinski definition) is 4. The number of rotatable bonds is 4. The van der Waals surface area contributed by atoms with Crippen LogP contribution in [0.4, 0.5) is 5.95 Å². The van der Waals surface area contributed by atoms with Crippen molar-refractivity contribution in [2.45, 2.75) is 6.42 Å². The van der Waals surface area contributed by atoms with E-state index in [-0.39, 0.29) is 5.95 Å². The third-order valence-electron chi connectivity index (χ3n) is 4.10. The summed E-state index contributed by atoms with van der Waals surface area (Å²) >= 11 is 6.11. The zero-order valence-corrected chi connectivity index (χ0v) is 14.2. The minimum atomic E-state index is 0.259. The molecule has 4 aromatic rings. The smallest absolute Gasteiger partial charge is 0.220 e. The molecule has 0 saturated heterocycles. The predicted molar refractivity (Wildman–Crippen MR) is 102 cm³/mol. The van der Waals surface area contributed by atoms with Crippen LogP contribution in [-0.2, 0) is 6.42 Å². The van der Waals surface area contributed by atoms with Gasteiger partial charge in [-0.1, -0.05) is 48.0 Å². The quantitative estimate of drug-likeness (QED) is 0.583. The lowest BCUT2D eigenvalue weighted by molar-refractivity contribution is 0.325.